The molecule has 0 spiro atoms. The number of rotatable bonds is 3. The van der Waals surface area contributed by atoms with Gasteiger partial charge >= 0.3 is 0 Å². The standard InChI is InChI=1S/C14H10Cl2O2/c15-14(16)13(18)11-3-1-9(2-4-11)10-5-7-12(17)8-6-10/h1-8,14,17H. The van der Waals surface area contributed by atoms with Gasteiger partial charge in [0.1, 0.15) is 5.75 Å². The number of carbonyl (C=O) groups excluding carboxylic acids is 1. The second-order valence-corrected chi connectivity index (χ2v) is 4.89. The van der Waals surface area contributed by atoms with E-state index in [0.717, 1.165) is 11.1 Å². The molecule has 2 rings (SSSR count). The van der Waals surface area contributed by atoms with Gasteiger partial charge in [-0.2, -0.15) is 0 Å². The topological polar surface area (TPSA) is 37.3 Å². The van der Waals surface area contributed by atoms with Gasteiger partial charge in [-0.1, -0.05) is 59.6 Å². The molecule has 0 radical (unpaired) electrons. The van der Waals surface area contributed by atoms with Crippen molar-refractivity contribution in [1.29, 1.82) is 0 Å². The summed E-state index contributed by atoms with van der Waals surface area (Å²) < 4.78 is 0. The van der Waals surface area contributed by atoms with Crippen molar-refractivity contribution in [2.24, 2.45) is 0 Å². The van der Waals surface area contributed by atoms with Gasteiger partial charge in [-0.05, 0) is 23.3 Å². The number of hydrogen-bond acceptors (Lipinski definition) is 2. The van der Waals surface area contributed by atoms with Crippen LogP contribution in [0.4, 0.5) is 0 Å². The number of phenolic OH excluding ortho intramolecular Hbond substituents is 1. The van der Waals surface area contributed by atoms with E-state index in [2.05, 4.69) is 0 Å². The van der Waals surface area contributed by atoms with Crippen LogP contribution in [0.15, 0.2) is 48.5 Å². The number of benzene rings is 2. The number of hydrogen-bond donors (Lipinski definition) is 1. The first-order valence-corrected chi connectivity index (χ1v) is 6.17. The highest BCUT2D eigenvalue weighted by Crippen LogP contribution is 2.23. The highest BCUT2D eigenvalue weighted by Gasteiger charge is 2.13. The lowest BCUT2D eigenvalue weighted by Crippen LogP contribution is -2.07. The van der Waals surface area contributed by atoms with Gasteiger partial charge < -0.3 is 5.11 Å². The number of aromatic hydroxyl groups is 1. The molecule has 1 N–H and O–H groups in total. The molecule has 2 aromatic carbocycles. The van der Waals surface area contributed by atoms with E-state index in [4.69, 9.17) is 23.2 Å². The Balaban J connectivity index is 2.27. The molecule has 0 aliphatic carbocycles. The lowest BCUT2D eigenvalue weighted by molar-refractivity contribution is 0.101. The summed E-state index contributed by atoms with van der Waals surface area (Å²) >= 11 is 11.1. The molecule has 0 aromatic heterocycles. The molecule has 92 valence electrons. The Bertz CT molecular complexity index is 545. The molecule has 0 unspecified atom stereocenters. The quantitative estimate of drug-likeness (QED) is 0.680. The first-order chi connectivity index (χ1) is 8.58. The van der Waals surface area contributed by atoms with E-state index in [1.54, 1.807) is 36.4 Å². The van der Waals surface area contributed by atoms with Crippen LogP contribution in [0.3, 0.4) is 0 Å². The Morgan fingerprint density at radius 2 is 1.33 bits per heavy atom. The molecule has 0 fully saturated rings. The fourth-order valence-electron chi connectivity index (χ4n) is 1.61. The van der Waals surface area contributed by atoms with E-state index < -0.39 is 4.84 Å². The Kier molecular flexibility index (Phi) is 3.90. The summed E-state index contributed by atoms with van der Waals surface area (Å²) in [5.74, 6) is -0.0896. The Hall–Kier alpha value is -1.51. The Morgan fingerprint density at radius 3 is 1.78 bits per heavy atom. The lowest BCUT2D eigenvalue weighted by Gasteiger charge is -2.04. The maximum atomic E-state index is 11.5. The van der Waals surface area contributed by atoms with E-state index >= 15 is 0 Å². The maximum absolute atomic E-state index is 11.5. The Labute approximate surface area is 115 Å². The maximum Gasteiger partial charge on any atom is 0.195 e. The third-order valence-corrected chi connectivity index (χ3v) is 2.96. The van der Waals surface area contributed by atoms with Crippen molar-refractivity contribution in [2.45, 2.75) is 4.84 Å². The predicted octanol–water partition coefficient (Wildman–Crippen LogP) is 4.05. The second kappa shape index (κ2) is 5.42. The van der Waals surface area contributed by atoms with E-state index in [0.29, 0.717) is 5.56 Å². The van der Waals surface area contributed by atoms with Crippen molar-refractivity contribution >= 4 is 29.0 Å². The normalized spacial score (nSPS) is 10.6. The van der Waals surface area contributed by atoms with Crippen molar-refractivity contribution in [2.75, 3.05) is 0 Å². The number of carbonyl (C=O) groups is 1. The van der Waals surface area contributed by atoms with Gasteiger partial charge in [0.25, 0.3) is 0 Å². The molecule has 0 saturated heterocycles. The summed E-state index contributed by atoms with van der Waals surface area (Å²) in [5, 5.41) is 9.21. The van der Waals surface area contributed by atoms with Crippen molar-refractivity contribution in [3.63, 3.8) is 0 Å². The van der Waals surface area contributed by atoms with Crippen molar-refractivity contribution in [3.8, 4) is 16.9 Å². The van der Waals surface area contributed by atoms with E-state index in [1.165, 1.54) is 0 Å². The highest BCUT2D eigenvalue weighted by molar-refractivity contribution is 6.55. The molecule has 2 nitrogen and oxygen atoms in total. The highest BCUT2D eigenvalue weighted by atomic mass is 35.5. The molecule has 4 heteroatoms. The first-order valence-electron chi connectivity index (χ1n) is 5.30. The molecule has 0 bridgehead atoms. The fourth-order valence-corrected chi connectivity index (χ4v) is 1.86. The van der Waals surface area contributed by atoms with Gasteiger partial charge in [0, 0.05) is 5.56 Å². The molecular formula is C14H10Cl2O2. The zero-order chi connectivity index (χ0) is 13.1. The number of halogens is 2. The molecule has 2 aromatic rings. The van der Waals surface area contributed by atoms with Crippen LogP contribution >= 0.6 is 23.2 Å². The zero-order valence-electron chi connectivity index (χ0n) is 9.31. The van der Waals surface area contributed by atoms with Crippen molar-refractivity contribution < 1.29 is 9.90 Å². The Morgan fingerprint density at radius 1 is 0.889 bits per heavy atom. The summed E-state index contributed by atoms with van der Waals surface area (Å²) in [7, 11) is 0. The summed E-state index contributed by atoms with van der Waals surface area (Å²) in [4.78, 5) is 10.5. The molecule has 0 amide bonds. The summed E-state index contributed by atoms with van der Waals surface area (Å²) in [5.41, 5.74) is 2.39. The molecular weight excluding hydrogens is 271 g/mol. The average Bonchev–Trinajstić information content (AvgIpc) is 2.39. The third-order valence-electron chi connectivity index (χ3n) is 2.57. The monoisotopic (exact) mass is 280 g/mol. The van der Waals surface area contributed by atoms with Crippen LogP contribution in [0, 0.1) is 0 Å². The first kappa shape index (κ1) is 12.9. The van der Waals surface area contributed by atoms with Crippen molar-refractivity contribution in [3.05, 3.63) is 54.1 Å². The van der Waals surface area contributed by atoms with Crippen LogP contribution in [0.25, 0.3) is 11.1 Å². The van der Waals surface area contributed by atoms with E-state index in [9.17, 15) is 9.90 Å². The van der Waals surface area contributed by atoms with Crippen LogP contribution in [0.5, 0.6) is 5.75 Å². The van der Waals surface area contributed by atoms with Gasteiger partial charge in [0.15, 0.2) is 10.6 Å². The average molecular weight is 281 g/mol. The van der Waals surface area contributed by atoms with Crippen LogP contribution in [0.1, 0.15) is 10.4 Å². The molecule has 0 atom stereocenters. The number of Topliss-reactive ketones (excluding diaryl/α,β-unsaturated/α-hetero) is 1. The molecule has 0 saturated carbocycles. The minimum Gasteiger partial charge on any atom is -0.508 e. The lowest BCUT2D eigenvalue weighted by atomic mass is 10.0. The molecule has 0 heterocycles. The van der Waals surface area contributed by atoms with Crippen LogP contribution in [0.2, 0.25) is 0 Å². The van der Waals surface area contributed by atoms with E-state index in [1.807, 2.05) is 12.1 Å². The third kappa shape index (κ3) is 2.84. The van der Waals surface area contributed by atoms with E-state index in [-0.39, 0.29) is 11.5 Å². The summed E-state index contributed by atoms with van der Waals surface area (Å²) in [6, 6.07) is 13.8. The van der Waals surface area contributed by atoms with Gasteiger partial charge in [-0.15, -0.1) is 0 Å². The smallest absolute Gasteiger partial charge is 0.195 e. The second-order valence-electron chi connectivity index (χ2n) is 3.79. The van der Waals surface area contributed by atoms with Gasteiger partial charge in [0.05, 0.1) is 0 Å². The van der Waals surface area contributed by atoms with Crippen LogP contribution < -0.4 is 0 Å². The number of phenols is 1. The van der Waals surface area contributed by atoms with Gasteiger partial charge in [-0.25, -0.2) is 0 Å². The fraction of sp³-hybridized carbons (Fsp3) is 0.0714. The van der Waals surface area contributed by atoms with Gasteiger partial charge in [-0.3, -0.25) is 4.79 Å². The minimum absolute atomic E-state index is 0.220. The van der Waals surface area contributed by atoms with Crippen LogP contribution in [-0.4, -0.2) is 15.7 Å². The number of alkyl halides is 2. The minimum atomic E-state index is -1.04. The largest absolute Gasteiger partial charge is 0.508 e. The van der Waals surface area contributed by atoms with Crippen molar-refractivity contribution in [1.82, 2.24) is 0 Å². The summed E-state index contributed by atoms with van der Waals surface area (Å²) in [6.45, 7) is 0. The molecule has 0 aliphatic rings. The predicted molar refractivity (Wildman–Crippen MR) is 73.4 cm³/mol. The number of ketones is 1. The molecule has 18 heavy (non-hydrogen) atoms. The summed E-state index contributed by atoms with van der Waals surface area (Å²) in [6.07, 6.45) is 0. The zero-order valence-corrected chi connectivity index (χ0v) is 10.8. The van der Waals surface area contributed by atoms with Crippen LogP contribution in [-0.2, 0) is 0 Å². The van der Waals surface area contributed by atoms with Gasteiger partial charge in [0.2, 0.25) is 0 Å². The molecule has 0 aliphatic heterocycles. The SMILES string of the molecule is O=C(c1ccc(-c2ccc(O)cc2)cc1)C(Cl)Cl.